The number of aromatic nitrogens is 2. The van der Waals surface area contributed by atoms with Crippen LogP contribution in [0.4, 0.5) is 34.4 Å². The Hall–Kier alpha value is -3.80. The molecule has 0 atom stereocenters. The summed E-state index contributed by atoms with van der Waals surface area (Å²) in [5.41, 5.74) is 7.07. The Labute approximate surface area is 183 Å². The van der Waals surface area contributed by atoms with Crippen LogP contribution in [-0.4, -0.2) is 38.2 Å². The lowest BCUT2D eigenvalue weighted by atomic mass is 10.2. The van der Waals surface area contributed by atoms with Crippen LogP contribution in [0.25, 0.3) is 11.0 Å². The van der Waals surface area contributed by atoms with E-state index >= 15 is 0 Å². The van der Waals surface area contributed by atoms with Gasteiger partial charge >= 0.3 is 0 Å². The van der Waals surface area contributed by atoms with Crippen molar-refractivity contribution in [1.29, 1.82) is 0 Å². The van der Waals surface area contributed by atoms with Crippen LogP contribution >= 0.6 is 0 Å². The summed E-state index contributed by atoms with van der Waals surface area (Å²) < 4.78 is 0. The molecule has 0 aliphatic heterocycles. The number of benzene rings is 3. The highest BCUT2D eigenvalue weighted by Crippen LogP contribution is 2.29. The van der Waals surface area contributed by atoms with Crippen molar-refractivity contribution in [3.8, 4) is 0 Å². The van der Waals surface area contributed by atoms with Crippen LogP contribution in [0.2, 0.25) is 0 Å². The molecule has 0 aliphatic carbocycles. The van der Waals surface area contributed by atoms with Gasteiger partial charge in [-0.2, -0.15) is 0 Å². The Morgan fingerprint density at radius 2 is 1.03 bits per heavy atom. The smallest absolute Gasteiger partial charge is 0.174 e. The van der Waals surface area contributed by atoms with Gasteiger partial charge < -0.3 is 20.4 Å². The highest BCUT2D eigenvalue weighted by Gasteiger charge is 2.11. The Bertz CT molecular complexity index is 1180. The van der Waals surface area contributed by atoms with E-state index in [2.05, 4.69) is 63.8 Å². The van der Waals surface area contributed by atoms with Crippen molar-refractivity contribution >= 4 is 45.4 Å². The standard InChI is InChI=1S/C25H28N6/c1-17-6-15-22-23(16-17)29-25(27-19-9-13-21(14-10-19)31(4)5)24(28-22)26-18-7-11-20(12-8-18)30(2)3/h6-16H,1-5H3,(H,26,28)(H,27,29). The van der Waals surface area contributed by atoms with E-state index in [1.807, 2.05) is 58.5 Å². The van der Waals surface area contributed by atoms with Gasteiger partial charge in [-0.05, 0) is 73.2 Å². The molecule has 0 saturated heterocycles. The first-order valence-electron chi connectivity index (χ1n) is 10.3. The molecule has 3 aromatic carbocycles. The highest BCUT2D eigenvalue weighted by molar-refractivity contribution is 5.84. The Morgan fingerprint density at radius 3 is 1.48 bits per heavy atom. The number of nitrogens with zero attached hydrogens (tertiary/aromatic N) is 4. The minimum atomic E-state index is 0.686. The summed E-state index contributed by atoms with van der Waals surface area (Å²) in [6, 6.07) is 22.6. The molecule has 6 nitrogen and oxygen atoms in total. The second kappa shape index (κ2) is 8.52. The van der Waals surface area contributed by atoms with Crippen LogP contribution in [0.1, 0.15) is 5.56 Å². The van der Waals surface area contributed by atoms with Crippen LogP contribution in [0.5, 0.6) is 0 Å². The molecular weight excluding hydrogens is 384 g/mol. The molecule has 0 aliphatic rings. The number of aryl methyl sites for hydroxylation is 1. The minimum Gasteiger partial charge on any atom is -0.378 e. The zero-order valence-corrected chi connectivity index (χ0v) is 18.6. The lowest BCUT2D eigenvalue weighted by molar-refractivity contribution is 1.13. The summed E-state index contributed by atoms with van der Waals surface area (Å²) in [7, 11) is 8.12. The van der Waals surface area contributed by atoms with Gasteiger partial charge in [0.2, 0.25) is 0 Å². The number of hydrogen-bond donors (Lipinski definition) is 2. The third kappa shape index (κ3) is 4.69. The average Bonchev–Trinajstić information content (AvgIpc) is 2.75. The zero-order chi connectivity index (χ0) is 22.0. The largest absolute Gasteiger partial charge is 0.378 e. The van der Waals surface area contributed by atoms with Crippen molar-refractivity contribution in [3.63, 3.8) is 0 Å². The van der Waals surface area contributed by atoms with Crippen LogP contribution in [0, 0.1) is 6.92 Å². The van der Waals surface area contributed by atoms with Gasteiger partial charge in [-0.25, -0.2) is 9.97 Å². The van der Waals surface area contributed by atoms with Gasteiger partial charge in [0.25, 0.3) is 0 Å². The Balaban J connectivity index is 1.70. The lowest BCUT2D eigenvalue weighted by Crippen LogP contribution is -2.09. The maximum Gasteiger partial charge on any atom is 0.174 e. The van der Waals surface area contributed by atoms with Crippen molar-refractivity contribution < 1.29 is 0 Å². The molecule has 0 amide bonds. The van der Waals surface area contributed by atoms with E-state index in [4.69, 9.17) is 9.97 Å². The van der Waals surface area contributed by atoms with E-state index in [9.17, 15) is 0 Å². The SMILES string of the molecule is Cc1ccc2nc(Nc3ccc(N(C)C)cc3)c(Nc3ccc(N(C)C)cc3)nc2c1. The average molecular weight is 413 g/mol. The molecule has 0 bridgehead atoms. The molecule has 2 N–H and O–H groups in total. The molecule has 4 aromatic rings. The maximum atomic E-state index is 4.88. The number of rotatable bonds is 6. The van der Waals surface area contributed by atoms with Gasteiger partial charge in [0.1, 0.15) is 0 Å². The van der Waals surface area contributed by atoms with Crippen molar-refractivity contribution in [3.05, 3.63) is 72.3 Å². The topological polar surface area (TPSA) is 56.3 Å². The van der Waals surface area contributed by atoms with Gasteiger partial charge in [0, 0.05) is 50.9 Å². The van der Waals surface area contributed by atoms with E-state index in [0.717, 1.165) is 39.3 Å². The maximum absolute atomic E-state index is 4.88. The van der Waals surface area contributed by atoms with E-state index in [0.29, 0.717) is 11.6 Å². The van der Waals surface area contributed by atoms with Gasteiger partial charge in [0.15, 0.2) is 11.6 Å². The van der Waals surface area contributed by atoms with Crippen LogP contribution < -0.4 is 20.4 Å². The summed E-state index contributed by atoms with van der Waals surface area (Å²) in [5.74, 6) is 1.37. The normalized spacial score (nSPS) is 10.7. The molecular formula is C25H28N6. The van der Waals surface area contributed by atoms with Gasteiger partial charge in [-0.3, -0.25) is 0 Å². The fourth-order valence-corrected chi connectivity index (χ4v) is 3.30. The first kappa shape index (κ1) is 20.5. The molecule has 6 heteroatoms. The molecule has 0 saturated carbocycles. The number of anilines is 6. The summed E-state index contributed by atoms with van der Waals surface area (Å²) in [4.78, 5) is 13.9. The molecule has 0 radical (unpaired) electrons. The van der Waals surface area contributed by atoms with Crippen LogP contribution in [0.15, 0.2) is 66.7 Å². The van der Waals surface area contributed by atoms with E-state index in [-0.39, 0.29) is 0 Å². The first-order valence-corrected chi connectivity index (χ1v) is 10.3. The second-order valence-corrected chi connectivity index (χ2v) is 8.05. The van der Waals surface area contributed by atoms with Crippen molar-refractivity contribution in [2.45, 2.75) is 6.92 Å². The van der Waals surface area contributed by atoms with E-state index in [1.165, 1.54) is 0 Å². The Morgan fingerprint density at radius 1 is 0.581 bits per heavy atom. The monoisotopic (exact) mass is 412 g/mol. The number of nitrogens with one attached hydrogen (secondary N) is 2. The molecule has 0 fully saturated rings. The molecule has 31 heavy (non-hydrogen) atoms. The molecule has 4 rings (SSSR count). The lowest BCUT2D eigenvalue weighted by Gasteiger charge is -2.16. The predicted molar refractivity (Wildman–Crippen MR) is 132 cm³/mol. The van der Waals surface area contributed by atoms with Crippen LogP contribution in [0.3, 0.4) is 0 Å². The fraction of sp³-hybridized carbons (Fsp3) is 0.200. The van der Waals surface area contributed by atoms with Gasteiger partial charge in [-0.1, -0.05) is 6.07 Å². The minimum absolute atomic E-state index is 0.686. The molecule has 0 unspecified atom stereocenters. The molecule has 1 heterocycles. The van der Waals surface area contributed by atoms with Crippen molar-refractivity contribution in [2.24, 2.45) is 0 Å². The van der Waals surface area contributed by atoms with Gasteiger partial charge in [-0.15, -0.1) is 0 Å². The van der Waals surface area contributed by atoms with E-state index in [1.54, 1.807) is 0 Å². The third-order valence-electron chi connectivity index (χ3n) is 5.11. The summed E-state index contributed by atoms with van der Waals surface area (Å²) in [5, 5.41) is 6.87. The zero-order valence-electron chi connectivity index (χ0n) is 18.6. The quantitative estimate of drug-likeness (QED) is 0.433. The van der Waals surface area contributed by atoms with Gasteiger partial charge in [0.05, 0.1) is 11.0 Å². The predicted octanol–water partition coefficient (Wildman–Crippen LogP) is 5.56. The third-order valence-corrected chi connectivity index (χ3v) is 5.11. The van der Waals surface area contributed by atoms with Crippen molar-refractivity contribution in [1.82, 2.24) is 9.97 Å². The number of fused-ring (bicyclic) bond motifs is 1. The second-order valence-electron chi connectivity index (χ2n) is 8.05. The molecule has 158 valence electrons. The number of hydrogen-bond acceptors (Lipinski definition) is 6. The van der Waals surface area contributed by atoms with Crippen molar-refractivity contribution in [2.75, 3.05) is 48.6 Å². The fourth-order valence-electron chi connectivity index (χ4n) is 3.30. The molecule has 0 spiro atoms. The summed E-state index contributed by atoms with van der Waals surface area (Å²) >= 11 is 0. The highest BCUT2D eigenvalue weighted by atomic mass is 15.1. The van der Waals surface area contributed by atoms with Crippen LogP contribution in [-0.2, 0) is 0 Å². The molecule has 1 aromatic heterocycles. The Kier molecular flexibility index (Phi) is 5.62. The summed E-state index contributed by atoms with van der Waals surface area (Å²) in [6.45, 7) is 2.06. The van der Waals surface area contributed by atoms with E-state index < -0.39 is 0 Å². The summed E-state index contributed by atoms with van der Waals surface area (Å²) in [6.07, 6.45) is 0. The first-order chi connectivity index (χ1) is 14.9.